The minimum Gasteiger partial charge on any atom is -0.0804 e. The standard InChI is InChI=1S/C22H20/c1-13-9-11-18-16-7-3-5-15-6-4-8-17(21(15)16)19-12-10-14(2)20(13)22(18)19/h3-14,20-21H,1-2H3. The van der Waals surface area contributed by atoms with Gasteiger partial charge in [0.1, 0.15) is 0 Å². The summed E-state index contributed by atoms with van der Waals surface area (Å²) in [6.07, 6.45) is 23.3. The molecule has 4 unspecified atom stereocenters. The van der Waals surface area contributed by atoms with Crippen LogP contribution in [0.25, 0.3) is 0 Å². The van der Waals surface area contributed by atoms with E-state index < -0.39 is 0 Å². The molecule has 4 atom stereocenters. The molecule has 0 heterocycles. The fourth-order valence-electron chi connectivity index (χ4n) is 4.91. The molecule has 108 valence electrons. The summed E-state index contributed by atoms with van der Waals surface area (Å²) >= 11 is 0. The zero-order valence-corrected chi connectivity index (χ0v) is 13.1. The first-order chi connectivity index (χ1) is 10.8. The number of rotatable bonds is 0. The molecule has 0 radical (unpaired) electrons. The van der Waals surface area contributed by atoms with Crippen molar-refractivity contribution < 1.29 is 0 Å². The molecule has 5 aliphatic carbocycles. The first-order valence-electron chi connectivity index (χ1n) is 8.37. The summed E-state index contributed by atoms with van der Waals surface area (Å²) in [4.78, 5) is 0. The molecular weight excluding hydrogens is 264 g/mol. The van der Waals surface area contributed by atoms with Gasteiger partial charge in [-0.25, -0.2) is 0 Å². The lowest BCUT2D eigenvalue weighted by Crippen LogP contribution is -2.32. The van der Waals surface area contributed by atoms with Crippen molar-refractivity contribution in [3.05, 3.63) is 94.2 Å². The van der Waals surface area contributed by atoms with Gasteiger partial charge in [0.25, 0.3) is 0 Å². The van der Waals surface area contributed by atoms with Crippen LogP contribution in [-0.4, -0.2) is 0 Å². The molecule has 0 bridgehead atoms. The molecule has 0 saturated heterocycles. The summed E-state index contributed by atoms with van der Waals surface area (Å²) in [5, 5.41) is 0. The molecule has 0 amide bonds. The van der Waals surface area contributed by atoms with E-state index in [1.807, 2.05) is 0 Å². The van der Waals surface area contributed by atoms with Gasteiger partial charge in [0.05, 0.1) is 0 Å². The summed E-state index contributed by atoms with van der Waals surface area (Å²) in [5.41, 5.74) is 9.03. The quantitative estimate of drug-likeness (QED) is 0.571. The molecule has 0 aromatic carbocycles. The first-order valence-corrected chi connectivity index (χ1v) is 8.37. The minimum absolute atomic E-state index is 0.445. The van der Waals surface area contributed by atoms with Crippen LogP contribution in [0.5, 0.6) is 0 Å². The van der Waals surface area contributed by atoms with Gasteiger partial charge in [-0.15, -0.1) is 0 Å². The Kier molecular flexibility index (Phi) is 2.39. The zero-order valence-electron chi connectivity index (χ0n) is 13.1. The predicted molar refractivity (Wildman–Crippen MR) is 92.1 cm³/mol. The van der Waals surface area contributed by atoms with Crippen LogP contribution in [0.2, 0.25) is 0 Å². The Labute approximate surface area is 132 Å². The molecule has 0 saturated carbocycles. The minimum atomic E-state index is 0.445. The van der Waals surface area contributed by atoms with Crippen molar-refractivity contribution in [2.75, 3.05) is 0 Å². The van der Waals surface area contributed by atoms with Crippen molar-refractivity contribution in [2.24, 2.45) is 23.7 Å². The maximum absolute atomic E-state index is 2.42. The summed E-state index contributed by atoms with van der Waals surface area (Å²) in [6, 6.07) is 0. The molecule has 0 nitrogen and oxygen atoms in total. The lowest BCUT2D eigenvalue weighted by molar-refractivity contribution is 0.384. The van der Waals surface area contributed by atoms with E-state index in [1.165, 1.54) is 27.9 Å². The molecule has 0 aromatic rings. The molecule has 0 N–H and O–H groups in total. The predicted octanol–water partition coefficient (Wildman–Crippen LogP) is 5.23. The molecule has 5 aliphatic rings. The van der Waals surface area contributed by atoms with E-state index in [4.69, 9.17) is 0 Å². The van der Waals surface area contributed by atoms with E-state index in [2.05, 4.69) is 74.6 Å². The summed E-state index contributed by atoms with van der Waals surface area (Å²) < 4.78 is 0. The van der Waals surface area contributed by atoms with Crippen LogP contribution in [0.3, 0.4) is 0 Å². The molecule has 0 heteroatoms. The topological polar surface area (TPSA) is 0 Å². The highest BCUT2D eigenvalue weighted by Gasteiger charge is 2.41. The Morgan fingerprint density at radius 2 is 1.50 bits per heavy atom. The molecule has 0 aliphatic heterocycles. The second-order valence-electron chi connectivity index (χ2n) is 7.10. The molecule has 22 heavy (non-hydrogen) atoms. The van der Waals surface area contributed by atoms with Gasteiger partial charge >= 0.3 is 0 Å². The van der Waals surface area contributed by atoms with Crippen LogP contribution >= 0.6 is 0 Å². The van der Waals surface area contributed by atoms with Crippen molar-refractivity contribution >= 4 is 0 Å². The Morgan fingerprint density at radius 1 is 0.773 bits per heavy atom. The van der Waals surface area contributed by atoms with Crippen LogP contribution in [0, 0.1) is 23.7 Å². The van der Waals surface area contributed by atoms with Gasteiger partial charge in [-0.3, -0.25) is 0 Å². The second-order valence-corrected chi connectivity index (χ2v) is 7.10. The number of hydrogen-bond donors (Lipinski definition) is 0. The third kappa shape index (κ3) is 1.43. The fraction of sp³-hybridized carbons (Fsp3) is 0.273. The van der Waals surface area contributed by atoms with E-state index in [0.717, 1.165) is 0 Å². The van der Waals surface area contributed by atoms with Gasteiger partial charge in [-0.1, -0.05) is 74.6 Å². The van der Waals surface area contributed by atoms with E-state index in [0.29, 0.717) is 23.7 Å². The van der Waals surface area contributed by atoms with E-state index >= 15 is 0 Å². The molecule has 5 rings (SSSR count). The van der Waals surface area contributed by atoms with Crippen molar-refractivity contribution in [2.45, 2.75) is 13.8 Å². The Balaban J connectivity index is 1.86. The largest absolute Gasteiger partial charge is 0.0804 e. The van der Waals surface area contributed by atoms with E-state index in [9.17, 15) is 0 Å². The normalized spacial score (nSPS) is 37.0. The van der Waals surface area contributed by atoms with E-state index in [-0.39, 0.29) is 0 Å². The van der Waals surface area contributed by atoms with Crippen molar-refractivity contribution in [1.82, 2.24) is 0 Å². The van der Waals surface area contributed by atoms with E-state index in [1.54, 1.807) is 5.57 Å². The van der Waals surface area contributed by atoms with Crippen LogP contribution in [0.1, 0.15) is 13.8 Å². The van der Waals surface area contributed by atoms with Gasteiger partial charge in [0.15, 0.2) is 0 Å². The average molecular weight is 284 g/mol. The molecule has 0 aromatic heterocycles. The lowest BCUT2D eigenvalue weighted by atomic mass is 9.60. The number of hydrogen-bond acceptors (Lipinski definition) is 0. The molecular formula is C22H20. The van der Waals surface area contributed by atoms with Gasteiger partial charge in [-0.2, -0.15) is 0 Å². The highest BCUT2D eigenvalue weighted by atomic mass is 14.4. The number of allylic oxidation sites excluding steroid dienone is 16. The van der Waals surface area contributed by atoms with Gasteiger partial charge < -0.3 is 0 Å². The van der Waals surface area contributed by atoms with Gasteiger partial charge in [-0.05, 0) is 51.2 Å². The second kappa shape index (κ2) is 4.23. The van der Waals surface area contributed by atoms with Crippen molar-refractivity contribution in [1.29, 1.82) is 0 Å². The van der Waals surface area contributed by atoms with Gasteiger partial charge in [0.2, 0.25) is 0 Å². The summed E-state index contributed by atoms with van der Waals surface area (Å²) in [7, 11) is 0. The Bertz CT molecular complexity index is 814. The SMILES string of the molecule is CC1C=CC2=C3C=CC=C4C=CC=C(C5=C2C1C(C)C=C5)C43. The number of fused-ring (bicyclic) bond motifs is 1. The van der Waals surface area contributed by atoms with Crippen molar-refractivity contribution in [3.8, 4) is 0 Å². The van der Waals surface area contributed by atoms with Crippen LogP contribution < -0.4 is 0 Å². The fourth-order valence-corrected chi connectivity index (χ4v) is 4.91. The van der Waals surface area contributed by atoms with Crippen molar-refractivity contribution in [3.63, 3.8) is 0 Å². The Morgan fingerprint density at radius 3 is 2.32 bits per heavy atom. The highest BCUT2D eigenvalue weighted by molar-refractivity contribution is 5.72. The maximum Gasteiger partial charge on any atom is 0.0352 e. The third-order valence-electron chi connectivity index (χ3n) is 5.89. The smallest absolute Gasteiger partial charge is 0.0352 e. The maximum atomic E-state index is 2.42. The Hall–Kier alpha value is -2.08. The monoisotopic (exact) mass is 284 g/mol. The summed E-state index contributed by atoms with van der Waals surface area (Å²) in [5.74, 6) is 2.31. The molecule has 0 spiro atoms. The molecule has 0 fully saturated rings. The highest BCUT2D eigenvalue weighted by Crippen LogP contribution is 2.54. The third-order valence-corrected chi connectivity index (χ3v) is 5.89. The first kappa shape index (κ1) is 12.5. The van der Waals surface area contributed by atoms with Crippen LogP contribution in [-0.2, 0) is 0 Å². The average Bonchev–Trinajstić information content (AvgIpc) is 2.54. The van der Waals surface area contributed by atoms with Crippen LogP contribution in [0.15, 0.2) is 94.2 Å². The lowest BCUT2D eigenvalue weighted by Gasteiger charge is -2.44. The van der Waals surface area contributed by atoms with Gasteiger partial charge in [0, 0.05) is 5.92 Å². The summed E-state index contributed by atoms with van der Waals surface area (Å²) in [6.45, 7) is 4.73. The van der Waals surface area contributed by atoms with Crippen LogP contribution in [0.4, 0.5) is 0 Å². The zero-order chi connectivity index (χ0) is 14.8.